The average Bonchev–Trinajstić information content (AvgIpc) is 3.40. The molecule has 0 spiro atoms. The molecule has 154 valence electrons. The Bertz CT molecular complexity index is 1270. The van der Waals surface area contributed by atoms with E-state index in [1.54, 1.807) is 30.5 Å². The Hall–Kier alpha value is -3.75. The molecule has 9 nitrogen and oxygen atoms in total. The molecule has 3 heterocycles. The molecular formula is C21H21N5O4. The molecule has 1 atom stereocenters. The minimum Gasteiger partial charge on any atom is -0.459 e. The first kappa shape index (κ1) is 19.6. The maximum atomic E-state index is 12.5. The second kappa shape index (κ2) is 7.58. The standard InChI is InChI=1S/C21H21N5O4/c1-11(2)26-16-8-7-14(10-15(16)22-13(4)21(26)28)18-24-20(30-25-18)12(3)23-19(27)17-6-5-9-29-17/h5-12H,1-4H3,(H,23,27)/t12-/m0/s1. The molecular weight excluding hydrogens is 386 g/mol. The lowest BCUT2D eigenvalue weighted by Gasteiger charge is -2.14. The van der Waals surface area contributed by atoms with Gasteiger partial charge in [-0.05, 0) is 58.0 Å². The fraction of sp³-hybridized carbons (Fsp3) is 0.286. The molecule has 0 radical (unpaired) electrons. The largest absolute Gasteiger partial charge is 0.459 e. The number of hydrogen-bond donors (Lipinski definition) is 1. The van der Waals surface area contributed by atoms with Crippen molar-refractivity contribution < 1.29 is 13.7 Å². The van der Waals surface area contributed by atoms with Gasteiger partial charge < -0.3 is 18.8 Å². The predicted molar refractivity (Wildman–Crippen MR) is 109 cm³/mol. The number of carbonyl (C=O) groups excluding carboxylic acids is 1. The van der Waals surface area contributed by atoms with Gasteiger partial charge in [-0.15, -0.1) is 0 Å². The SMILES string of the molecule is Cc1nc2cc(-c3noc([C@H](C)NC(=O)c4ccco4)n3)ccc2n(C(C)C)c1=O. The summed E-state index contributed by atoms with van der Waals surface area (Å²) in [5, 5.41) is 6.77. The zero-order chi connectivity index (χ0) is 21.4. The van der Waals surface area contributed by atoms with Crippen LogP contribution in [0.1, 0.15) is 55.0 Å². The molecule has 1 amide bonds. The number of rotatable bonds is 5. The molecule has 0 aliphatic carbocycles. The Labute approximate surface area is 171 Å². The van der Waals surface area contributed by atoms with E-state index in [1.807, 2.05) is 32.0 Å². The predicted octanol–water partition coefficient (Wildman–Crippen LogP) is 3.42. The number of fused-ring (bicyclic) bond motifs is 1. The van der Waals surface area contributed by atoms with E-state index < -0.39 is 6.04 Å². The van der Waals surface area contributed by atoms with Crippen LogP contribution >= 0.6 is 0 Å². The van der Waals surface area contributed by atoms with Crippen LogP contribution in [0.5, 0.6) is 0 Å². The average molecular weight is 407 g/mol. The molecule has 4 rings (SSSR count). The van der Waals surface area contributed by atoms with Gasteiger partial charge in [0.05, 0.1) is 17.3 Å². The lowest BCUT2D eigenvalue weighted by molar-refractivity contribution is 0.0904. The van der Waals surface area contributed by atoms with Crippen molar-refractivity contribution in [1.29, 1.82) is 0 Å². The molecule has 0 bridgehead atoms. The number of furan rings is 1. The second-order valence-corrected chi connectivity index (χ2v) is 7.30. The third kappa shape index (κ3) is 3.49. The van der Waals surface area contributed by atoms with Crippen molar-refractivity contribution in [2.75, 3.05) is 0 Å². The van der Waals surface area contributed by atoms with Crippen molar-refractivity contribution >= 4 is 16.9 Å². The summed E-state index contributed by atoms with van der Waals surface area (Å²) in [7, 11) is 0. The molecule has 30 heavy (non-hydrogen) atoms. The van der Waals surface area contributed by atoms with Crippen LogP contribution in [0.4, 0.5) is 0 Å². The normalized spacial score (nSPS) is 12.4. The molecule has 0 saturated carbocycles. The van der Waals surface area contributed by atoms with E-state index in [1.165, 1.54) is 6.26 Å². The summed E-state index contributed by atoms with van der Waals surface area (Å²) in [5.41, 5.74) is 2.43. The summed E-state index contributed by atoms with van der Waals surface area (Å²) in [6, 6.07) is 8.18. The monoisotopic (exact) mass is 407 g/mol. The Balaban J connectivity index is 1.64. The van der Waals surface area contributed by atoms with Crippen LogP contribution in [0.25, 0.3) is 22.4 Å². The van der Waals surface area contributed by atoms with Crippen LogP contribution in [0, 0.1) is 6.92 Å². The van der Waals surface area contributed by atoms with Crippen molar-refractivity contribution in [2.24, 2.45) is 0 Å². The molecule has 0 unspecified atom stereocenters. The molecule has 0 aliphatic heterocycles. The number of nitrogens with zero attached hydrogens (tertiary/aromatic N) is 4. The number of aromatic nitrogens is 4. The first-order valence-corrected chi connectivity index (χ1v) is 9.56. The Morgan fingerprint density at radius 3 is 2.67 bits per heavy atom. The zero-order valence-electron chi connectivity index (χ0n) is 17.0. The number of amides is 1. The zero-order valence-corrected chi connectivity index (χ0v) is 17.0. The van der Waals surface area contributed by atoms with Crippen molar-refractivity contribution in [2.45, 2.75) is 39.8 Å². The van der Waals surface area contributed by atoms with Gasteiger partial charge in [0.1, 0.15) is 11.7 Å². The fourth-order valence-electron chi connectivity index (χ4n) is 3.25. The van der Waals surface area contributed by atoms with Crippen molar-refractivity contribution in [3.63, 3.8) is 0 Å². The highest BCUT2D eigenvalue weighted by Gasteiger charge is 2.20. The summed E-state index contributed by atoms with van der Waals surface area (Å²) in [5.74, 6) is 0.465. The highest BCUT2D eigenvalue weighted by Crippen LogP contribution is 2.24. The van der Waals surface area contributed by atoms with Gasteiger partial charge in [-0.2, -0.15) is 4.98 Å². The first-order valence-electron chi connectivity index (χ1n) is 9.56. The lowest BCUT2D eigenvalue weighted by atomic mass is 10.1. The van der Waals surface area contributed by atoms with Crippen LogP contribution in [-0.4, -0.2) is 25.6 Å². The first-order chi connectivity index (χ1) is 14.3. The number of carbonyl (C=O) groups is 1. The Morgan fingerprint density at radius 2 is 1.97 bits per heavy atom. The van der Waals surface area contributed by atoms with E-state index in [2.05, 4.69) is 20.4 Å². The number of hydrogen-bond acceptors (Lipinski definition) is 7. The van der Waals surface area contributed by atoms with Gasteiger partial charge in [-0.1, -0.05) is 5.16 Å². The van der Waals surface area contributed by atoms with Gasteiger partial charge in [0.15, 0.2) is 5.76 Å². The molecule has 0 saturated heterocycles. The summed E-state index contributed by atoms with van der Waals surface area (Å²) in [6.07, 6.45) is 1.43. The smallest absolute Gasteiger partial charge is 0.287 e. The van der Waals surface area contributed by atoms with E-state index in [-0.39, 0.29) is 29.2 Å². The van der Waals surface area contributed by atoms with Crippen LogP contribution in [-0.2, 0) is 0 Å². The number of aryl methyl sites for hydroxylation is 1. The van der Waals surface area contributed by atoms with E-state index in [0.717, 1.165) is 5.52 Å². The molecule has 9 heteroatoms. The van der Waals surface area contributed by atoms with Crippen LogP contribution < -0.4 is 10.9 Å². The summed E-state index contributed by atoms with van der Waals surface area (Å²) in [4.78, 5) is 33.4. The van der Waals surface area contributed by atoms with Crippen LogP contribution in [0.15, 0.2) is 50.3 Å². The quantitative estimate of drug-likeness (QED) is 0.539. The highest BCUT2D eigenvalue weighted by atomic mass is 16.5. The van der Waals surface area contributed by atoms with Crippen molar-refractivity contribution in [1.82, 2.24) is 25.0 Å². The molecule has 1 aromatic carbocycles. The third-order valence-electron chi connectivity index (χ3n) is 4.73. The Morgan fingerprint density at radius 1 is 1.17 bits per heavy atom. The van der Waals surface area contributed by atoms with Crippen LogP contribution in [0.2, 0.25) is 0 Å². The van der Waals surface area contributed by atoms with Gasteiger partial charge in [0.25, 0.3) is 11.5 Å². The van der Waals surface area contributed by atoms with Gasteiger partial charge in [0.2, 0.25) is 11.7 Å². The van der Waals surface area contributed by atoms with Gasteiger partial charge in [-0.3, -0.25) is 9.59 Å². The van der Waals surface area contributed by atoms with Gasteiger partial charge in [-0.25, -0.2) is 4.98 Å². The molecule has 3 aromatic heterocycles. The molecule has 4 aromatic rings. The Kier molecular flexibility index (Phi) is 4.94. The molecule has 0 fully saturated rings. The van der Waals surface area contributed by atoms with E-state index >= 15 is 0 Å². The maximum Gasteiger partial charge on any atom is 0.287 e. The van der Waals surface area contributed by atoms with Crippen molar-refractivity contribution in [3.8, 4) is 11.4 Å². The fourth-order valence-corrected chi connectivity index (χ4v) is 3.25. The van der Waals surface area contributed by atoms with Crippen LogP contribution in [0.3, 0.4) is 0 Å². The topological polar surface area (TPSA) is 116 Å². The van der Waals surface area contributed by atoms with Gasteiger partial charge in [0, 0.05) is 11.6 Å². The lowest BCUT2D eigenvalue weighted by Crippen LogP contribution is -2.26. The molecule has 0 aliphatic rings. The minimum absolute atomic E-state index is 0.00273. The van der Waals surface area contributed by atoms with E-state index in [0.29, 0.717) is 22.6 Å². The second-order valence-electron chi connectivity index (χ2n) is 7.30. The number of nitrogens with one attached hydrogen (secondary N) is 1. The minimum atomic E-state index is -0.504. The van der Waals surface area contributed by atoms with E-state index in [4.69, 9.17) is 8.94 Å². The van der Waals surface area contributed by atoms with Crippen molar-refractivity contribution in [3.05, 3.63) is 64.3 Å². The summed E-state index contributed by atoms with van der Waals surface area (Å²) < 4.78 is 12.1. The molecule has 1 N–H and O–H groups in total. The number of benzene rings is 1. The summed E-state index contributed by atoms with van der Waals surface area (Å²) >= 11 is 0. The van der Waals surface area contributed by atoms with E-state index in [9.17, 15) is 9.59 Å². The third-order valence-corrected chi connectivity index (χ3v) is 4.73. The summed E-state index contributed by atoms with van der Waals surface area (Å²) in [6.45, 7) is 7.35. The highest BCUT2D eigenvalue weighted by molar-refractivity contribution is 5.91. The van der Waals surface area contributed by atoms with Gasteiger partial charge >= 0.3 is 0 Å². The maximum absolute atomic E-state index is 12.5.